The molecule has 0 aromatic rings. The Morgan fingerprint density at radius 1 is 0.800 bits per heavy atom. The van der Waals surface area contributed by atoms with Crippen molar-refractivity contribution in [2.45, 2.75) is 13.8 Å². The molecule has 0 fully saturated rings. The number of hydrogen-bond donors (Lipinski definition) is 0. The van der Waals surface area contributed by atoms with E-state index in [1.54, 1.807) is 13.8 Å². The van der Waals surface area contributed by atoms with Crippen molar-refractivity contribution in [2.75, 3.05) is 13.2 Å². The molecule has 0 aromatic carbocycles. The maximum atomic E-state index is 8.93. The van der Waals surface area contributed by atoms with Crippen LogP contribution in [0.1, 0.15) is 13.8 Å². The topological polar surface area (TPSA) is 46.1 Å². The maximum absolute atomic E-state index is 8.93. The van der Waals surface area contributed by atoms with Crippen molar-refractivity contribution in [1.82, 2.24) is 0 Å². The van der Waals surface area contributed by atoms with Gasteiger partial charge >= 0.3 is 22.4 Å². The van der Waals surface area contributed by atoms with E-state index in [0.717, 1.165) is 0 Å². The molecule has 0 unspecified atom stereocenters. The van der Waals surface area contributed by atoms with Gasteiger partial charge in [0.2, 0.25) is 0 Å². The molecular weight excluding hydrogens is 230 g/mol. The van der Waals surface area contributed by atoms with Gasteiger partial charge in [-0.1, -0.05) is 13.8 Å². The molecule has 0 saturated carbocycles. The summed E-state index contributed by atoms with van der Waals surface area (Å²) in [7, 11) is 0. The normalized spacial score (nSPS) is 3.60. The molecule has 0 heterocycles. The van der Waals surface area contributed by atoms with Crippen molar-refractivity contribution in [2.24, 2.45) is 0 Å². The van der Waals surface area contributed by atoms with Crippen LogP contribution in [-0.4, -0.2) is 13.2 Å². The number of halogens is 3. The molecule has 0 bridgehead atoms. The van der Waals surface area contributed by atoms with Crippen LogP contribution in [0.5, 0.6) is 0 Å². The van der Waals surface area contributed by atoms with Gasteiger partial charge in [0.1, 0.15) is 0 Å². The molecule has 10 heavy (non-hydrogen) atoms. The molecule has 0 aromatic heterocycles. The maximum Gasteiger partial charge on any atom is 5.00 e. The molecule has 0 aliphatic carbocycles. The van der Waals surface area contributed by atoms with Crippen LogP contribution in [0.15, 0.2) is 0 Å². The number of rotatable bonds is 0. The van der Waals surface area contributed by atoms with E-state index in [4.69, 9.17) is 10.2 Å². The third kappa shape index (κ3) is 2310. The summed E-state index contributed by atoms with van der Waals surface area (Å²) in [4.78, 5) is 0. The van der Waals surface area contributed by atoms with Gasteiger partial charge in [-0.2, -0.15) is 0 Å². The monoisotopic (exact) mass is 240 g/mol. The van der Waals surface area contributed by atoms with Crippen LogP contribution >= 0.6 is 0 Å². The van der Waals surface area contributed by atoms with Gasteiger partial charge in [0.05, 0.1) is 0 Å². The fraction of sp³-hybridized carbons (Fsp3) is 1.00. The Labute approximate surface area is 74.2 Å². The quantitative estimate of drug-likeness (QED) is 0.395. The zero-order valence-corrected chi connectivity index (χ0v) is 8.01. The predicted molar refractivity (Wildman–Crippen MR) is 21.1 cm³/mol. The van der Waals surface area contributed by atoms with E-state index >= 15 is 0 Å². The van der Waals surface area contributed by atoms with Crippen molar-refractivity contribution in [3.8, 4) is 0 Å². The molecule has 0 rings (SSSR count). The van der Waals surface area contributed by atoms with Crippen LogP contribution in [0.25, 0.3) is 0 Å². The van der Waals surface area contributed by atoms with E-state index in [2.05, 4.69) is 0 Å². The van der Waals surface area contributed by atoms with Gasteiger partial charge in [-0.3, -0.25) is 0 Å². The molecular formula is C4H10F3NbO2. The largest absolute Gasteiger partial charge is 5.00 e. The minimum atomic E-state index is 0. The summed E-state index contributed by atoms with van der Waals surface area (Å²) in [6, 6.07) is 0. The Kier molecular flexibility index (Phi) is 530. The van der Waals surface area contributed by atoms with Gasteiger partial charge in [0.15, 0.2) is 0 Å². The van der Waals surface area contributed by atoms with Crippen molar-refractivity contribution in [3.05, 3.63) is 0 Å². The van der Waals surface area contributed by atoms with Crippen LogP contribution in [-0.2, 0) is 22.4 Å². The fourth-order valence-electron chi connectivity index (χ4n) is 0. The third-order valence-corrected chi connectivity index (χ3v) is 0. The van der Waals surface area contributed by atoms with Gasteiger partial charge in [-0.15, -0.1) is 13.2 Å². The molecule has 0 spiro atoms. The second-order valence-corrected chi connectivity index (χ2v) is 0.577. The Hall–Kier alpha value is 0.450. The van der Waals surface area contributed by atoms with Gasteiger partial charge in [0.25, 0.3) is 0 Å². The standard InChI is InChI=1S/2C2H5O.3FH.Nb/c2*1-2-3;;;;/h2*2H2,1H3;3*1H;/q2*-1;;;;+5/p-3. The molecule has 0 aliphatic rings. The molecule has 0 aliphatic heterocycles. The zero-order valence-electron chi connectivity index (χ0n) is 5.81. The van der Waals surface area contributed by atoms with Gasteiger partial charge in [0, 0.05) is 0 Å². The summed E-state index contributed by atoms with van der Waals surface area (Å²) < 4.78 is 0. The molecule has 2 nitrogen and oxygen atoms in total. The average molecular weight is 240 g/mol. The van der Waals surface area contributed by atoms with Crippen LogP contribution in [0, 0.1) is 0 Å². The predicted octanol–water partition coefficient (Wildman–Crippen LogP) is -10.3. The van der Waals surface area contributed by atoms with Crippen molar-refractivity contribution in [1.29, 1.82) is 0 Å². The summed E-state index contributed by atoms with van der Waals surface area (Å²) in [6.07, 6.45) is 0. The van der Waals surface area contributed by atoms with E-state index in [1.165, 1.54) is 0 Å². The molecule has 64 valence electrons. The second kappa shape index (κ2) is 112. The molecule has 6 heteroatoms. The van der Waals surface area contributed by atoms with Crippen molar-refractivity contribution in [3.63, 3.8) is 0 Å². The minimum Gasteiger partial charge on any atom is -1.00 e. The van der Waals surface area contributed by atoms with E-state index in [-0.39, 0.29) is 49.7 Å². The zero-order chi connectivity index (χ0) is 5.41. The Morgan fingerprint density at radius 2 is 0.800 bits per heavy atom. The summed E-state index contributed by atoms with van der Waals surface area (Å²) in [5.41, 5.74) is 0. The van der Waals surface area contributed by atoms with E-state index in [0.29, 0.717) is 0 Å². The SMILES string of the molecule is CC[O-].CC[O-].[F-].[F-].[F-].[Nb+5]. The van der Waals surface area contributed by atoms with Gasteiger partial charge in [-0.05, 0) is 0 Å². The van der Waals surface area contributed by atoms with Crippen LogP contribution < -0.4 is 24.3 Å². The first-order valence-corrected chi connectivity index (χ1v) is 1.99. The summed E-state index contributed by atoms with van der Waals surface area (Å²) >= 11 is 0. The number of hydrogen-bond acceptors (Lipinski definition) is 2. The Balaban J connectivity index is -0.00000000571. The van der Waals surface area contributed by atoms with E-state index in [1.807, 2.05) is 0 Å². The Morgan fingerprint density at radius 3 is 0.800 bits per heavy atom. The first kappa shape index (κ1) is 47.1. The first-order valence-electron chi connectivity index (χ1n) is 1.99. The summed E-state index contributed by atoms with van der Waals surface area (Å²) in [6.45, 7) is 3.14. The first-order chi connectivity index (χ1) is 2.83. The Bertz CT molecular complexity index is 20.5. The molecule has 0 amide bonds. The van der Waals surface area contributed by atoms with Crippen molar-refractivity contribution >= 4 is 0 Å². The van der Waals surface area contributed by atoms with Crippen LogP contribution in [0.4, 0.5) is 0 Å². The molecule has 0 radical (unpaired) electrons. The van der Waals surface area contributed by atoms with Crippen LogP contribution in [0.2, 0.25) is 0 Å². The van der Waals surface area contributed by atoms with E-state index < -0.39 is 0 Å². The minimum absolute atomic E-state index is 0. The second-order valence-electron chi connectivity index (χ2n) is 0.577. The summed E-state index contributed by atoms with van der Waals surface area (Å²) in [5, 5.41) is 17.9. The third-order valence-electron chi connectivity index (χ3n) is 0. The van der Waals surface area contributed by atoms with E-state index in [9.17, 15) is 0 Å². The molecule has 0 atom stereocenters. The smallest absolute Gasteiger partial charge is 1.00 e. The summed E-state index contributed by atoms with van der Waals surface area (Å²) in [5.74, 6) is 0. The van der Waals surface area contributed by atoms with Gasteiger partial charge < -0.3 is 24.3 Å². The molecule has 0 saturated heterocycles. The molecule has 0 N–H and O–H groups in total. The van der Waals surface area contributed by atoms with Crippen LogP contribution in [0.3, 0.4) is 0 Å². The average Bonchev–Trinajstić information content (AvgIpc) is 1.39. The fourth-order valence-corrected chi connectivity index (χ4v) is 0. The van der Waals surface area contributed by atoms with Crippen molar-refractivity contribution < 1.29 is 46.7 Å². The van der Waals surface area contributed by atoms with Gasteiger partial charge in [-0.25, -0.2) is 0 Å².